The van der Waals surface area contributed by atoms with Crippen molar-refractivity contribution in [1.29, 1.82) is 0 Å². The van der Waals surface area contributed by atoms with E-state index in [9.17, 15) is 26.4 Å². The van der Waals surface area contributed by atoms with E-state index in [1.54, 1.807) is 17.5 Å². The molecule has 2 aromatic rings. The van der Waals surface area contributed by atoms with Crippen LogP contribution in [0.2, 0.25) is 0 Å². The Hall–Kier alpha value is -2.52. The van der Waals surface area contributed by atoms with Crippen molar-refractivity contribution in [2.45, 2.75) is 54.3 Å². The van der Waals surface area contributed by atoms with Crippen molar-refractivity contribution in [3.63, 3.8) is 0 Å². The molecule has 1 unspecified atom stereocenters. The van der Waals surface area contributed by atoms with Crippen LogP contribution in [0.1, 0.15) is 36.8 Å². The van der Waals surface area contributed by atoms with Crippen LogP contribution in [0, 0.1) is 0 Å². The van der Waals surface area contributed by atoms with Crippen LogP contribution in [0.4, 0.5) is 13.2 Å². The van der Waals surface area contributed by atoms with Gasteiger partial charge in [0.05, 0.1) is 5.56 Å². The van der Waals surface area contributed by atoms with Crippen LogP contribution in [0.5, 0.6) is 0 Å². The van der Waals surface area contributed by atoms with Crippen molar-refractivity contribution >= 4 is 33.0 Å². The molecule has 1 spiro atoms. The Morgan fingerprint density at radius 1 is 1.18 bits per heavy atom. The van der Waals surface area contributed by atoms with Crippen LogP contribution >= 0.6 is 11.3 Å². The lowest BCUT2D eigenvalue weighted by atomic mass is 9.88. The smallest absolute Gasteiger partial charge is 0.416 e. The average Bonchev–Trinajstić information content (AvgIpc) is 3.62. The minimum Gasteiger partial charge on any atom is -0.674 e. The molecule has 1 atom stereocenters. The highest BCUT2D eigenvalue weighted by Crippen LogP contribution is 2.36. The number of hydrogen-bond donors (Lipinski definition) is 1. The number of nitrogens with zero attached hydrogens (tertiary/aromatic N) is 3. The van der Waals surface area contributed by atoms with Crippen LogP contribution in [0.3, 0.4) is 0 Å². The third kappa shape index (κ3) is 6.72. The monoisotopic (exact) mass is 573 g/mol. The fraction of sp³-hybridized carbons (Fsp3) is 0.500. The van der Waals surface area contributed by atoms with Crippen LogP contribution in [0.15, 0.2) is 51.1 Å². The summed E-state index contributed by atoms with van der Waals surface area (Å²) in [6.45, 7) is 2.81. The molecule has 14 heteroatoms. The molecule has 0 amide bonds. The van der Waals surface area contributed by atoms with Crippen molar-refractivity contribution in [2.75, 3.05) is 26.2 Å². The summed E-state index contributed by atoms with van der Waals surface area (Å²) < 4.78 is 63.6. The van der Waals surface area contributed by atoms with Crippen molar-refractivity contribution in [1.82, 2.24) is 9.21 Å². The Kier molecular flexibility index (Phi) is 8.47. The van der Waals surface area contributed by atoms with Gasteiger partial charge in [0, 0.05) is 38.9 Å². The van der Waals surface area contributed by atoms with E-state index in [2.05, 4.69) is 10.1 Å². The quantitative estimate of drug-likeness (QED) is 0.563. The van der Waals surface area contributed by atoms with Gasteiger partial charge in [0.1, 0.15) is 9.81 Å². The molecule has 3 aliphatic rings. The Balaban J connectivity index is 0.000000181. The third-order valence-electron chi connectivity index (χ3n) is 6.77. The predicted octanol–water partition coefficient (Wildman–Crippen LogP) is 4.46. The molecule has 4 heterocycles. The summed E-state index contributed by atoms with van der Waals surface area (Å²) in [5, 5.41) is 14.2. The summed E-state index contributed by atoms with van der Waals surface area (Å²) in [4.78, 5) is 18.3. The Bertz CT molecular complexity index is 1240. The summed E-state index contributed by atoms with van der Waals surface area (Å²) in [6.07, 6.45) is -2.30. The van der Waals surface area contributed by atoms with Gasteiger partial charge in [-0.1, -0.05) is 29.8 Å². The second kappa shape index (κ2) is 11.3. The van der Waals surface area contributed by atoms with E-state index in [0.717, 1.165) is 30.7 Å². The van der Waals surface area contributed by atoms with Crippen LogP contribution in [0.25, 0.3) is 5.73 Å². The number of carbonyl (C=O) groups is 1. The molecule has 0 radical (unpaired) electrons. The number of sulfonamides is 1. The molecule has 0 bridgehead atoms. The molecule has 2 fully saturated rings. The summed E-state index contributed by atoms with van der Waals surface area (Å²) >= 11 is 1.19. The highest BCUT2D eigenvalue weighted by molar-refractivity contribution is 7.91. The first-order valence-corrected chi connectivity index (χ1v) is 14.3. The highest BCUT2D eigenvalue weighted by atomic mass is 32.2. The third-order valence-corrected chi connectivity index (χ3v) is 10.0. The summed E-state index contributed by atoms with van der Waals surface area (Å²) in [5.74, 6) is -1.08. The fourth-order valence-corrected chi connectivity index (χ4v) is 7.20. The maximum atomic E-state index is 12.4. The summed E-state index contributed by atoms with van der Waals surface area (Å²) in [7, 11) is -3.45. The molecule has 1 aromatic carbocycles. The van der Waals surface area contributed by atoms with Crippen molar-refractivity contribution in [3.8, 4) is 0 Å². The molecule has 208 valence electrons. The molecule has 1 aromatic heterocycles. The van der Waals surface area contributed by atoms with E-state index in [1.807, 2.05) is 0 Å². The van der Waals surface area contributed by atoms with E-state index in [-0.39, 0.29) is 18.2 Å². The number of oxime groups is 1. The van der Waals surface area contributed by atoms with Gasteiger partial charge in [0.15, 0.2) is 5.71 Å². The molecule has 38 heavy (non-hydrogen) atoms. The number of benzene rings is 1. The zero-order valence-electron chi connectivity index (χ0n) is 20.4. The predicted molar refractivity (Wildman–Crippen MR) is 135 cm³/mol. The first-order chi connectivity index (χ1) is 17.9. The molecule has 0 saturated carbocycles. The molecule has 2 saturated heterocycles. The number of carboxylic acids is 1. The van der Waals surface area contributed by atoms with Crippen molar-refractivity contribution in [2.24, 2.45) is 5.16 Å². The van der Waals surface area contributed by atoms with Gasteiger partial charge < -0.3 is 20.6 Å². The number of carboxylic acid groups (broad SMARTS) is 1. The van der Waals surface area contributed by atoms with Crippen molar-refractivity contribution in [3.05, 3.63) is 58.6 Å². The van der Waals surface area contributed by atoms with E-state index < -0.39 is 33.3 Å². The van der Waals surface area contributed by atoms with Gasteiger partial charge in [-0.2, -0.15) is 17.5 Å². The van der Waals surface area contributed by atoms with Gasteiger partial charge in [0.25, 0.3) is 10.0 Å². The van der Waals surface area contributed by atoms with Gasteiger partial charge in [-0.05, 0) is 42.2 Å². The van der Waals surface area contributed by atoms with Crippen LogP contribution < -0.4 is 0 Å². The Morgan fingerprint density at radius 3 is 2.37 bits per heavy atom. The maximum absolute atomic E-state index is 12.4. The lowest BCUT2D eigenvalue weighted by molar-refractivity contribution is -0.137. The number of aliphatic carboxylic acids is 1. The molecule has 3 aliphatic heterocycles. The van der Waals surface area contributed by atoms with Gasteiger partial charge >= 0.3 is 12.1 Å². The average molecular weight is 574 g/mol. The molecular weight excluding hydrogens is 545 g/mol. The topological polar surface area (TPSA) is 123 Å². The molecule has 9 nitrogen and oxygen atoms in total. The summed E-state index contributed by atoms with van der Waals surface area (Å²) in [5.41, 5.74) is 7.16. The van der Waals surface area contributed by atoms with Gasteiger partial charge in [0.2, 0.25) is 0 Å². The zero-order valence-corrected chi connectivity index (χ0v) is 22.0. The lowest BCUT2D eigenvalue weighted by Crippen LogP contribution is -2.46. The SMILES string of the molecule is O=C(O)C1=NOC2(CCN(S(=O)(=O)c3cccs3)CC2)C1.[NH-]C1CCN(Cc2ccc(C(F)(F)F)cc2)C1. The van der Waals surface area contributed by atoms with Gasteiger partial charge in [-0.15, -0.1) is 17.4 Å². The Morgan fingerprint density at radius 2 is 1.87 bits per heavy atom. The first-order valence-electron chi connectivity index (χ1n) is 12.0. The minimum atomic E-state index is -4.27. The number of likely N-dealkylation sites (tertiary alicyclic amines) is 1. The molecule has 2 N–H and O–H groups in total. The fourth-order valence-electron chi connectivity index (χ4n) is 4.61. The number of thiophene rings is 1. The molecule has 5 rings (SSSR count). The van der Waals surface area contributed by atoms with E-state index in [1.165, 1.54) is 27.8 Å². The summed E-state index contributed by atoms with van der Waals surface area (Å²) in [6, 6.07) is 8.50. The molecule has 0 aliphatic carbocycles. The minimum absolute atomic E-state index is 0.00423. The number of piperidine rings is 1. The second-order valence-electron chi connectivity index (χ2n) is 9.55. The van der Waals surface area contributed by atoms with Crippen LogP contribution in [-0.2, 0) is 32.4 Å². The largest absolute Gasteiger partial charge is 0.674 e. The number of nitrogens with one attached hydrogen (secondary N) is 1. The van der Waals surface area contributed by atoms with E-state index in [0.29, 0.717) is 43.2 Å². The Labute approximate surface area is 222 Å². The number of alkyl halides is 3. The standard InChI is InChI=1S/C12H14F3N2.C12H14N2O5S2/c13-12(14,15)10-3-1-9(2-4-10)7-17-6-5-11(16)8-17;15-11(16)9-8-12(19-13-9)3-5-14(6-4-12)21(17,18)10-2-1-7-20-10/h1-4,11,16H,5-8H2;1-2,7H,3-6,8H2,(H,15,16)/q-1;. The van der Waals surface area contributed by atoms with E-state index >= 15 is 0 Å². The van der Waals surface area contributed by atoms with Gasteiger partial charge in [-0.25, -0.2) is 13.2 Å². The first kappa shape index (κ1) is 28.5. The zero-order chi connectivity index (χ0) is 27.6. The van der Waals surface area contributed by atoms with Gasteiger partial charge in [-0.3, -0.25) is 0 Å². The lowest BCUT2D eigenvalue weighted by Gasteiger charge is -2.36. The number of halogens is 3. The number of hydrogen-bond acceptors (Lipinski definition) is 7. The maximum Gasteiger partial charge on any atom is 0.416 e. The normalized spacial score (nSPS) is 22.0. The second-order valence-corrected chi connectivity index (χ2v) is 12.7. The van der Waals surface area contributed by atoms with Crippen molar-refractivity contribution < 1.29 is 36.3 Å². The number of rotatable bonds is 5. The highest BCUT2D eigenvalue weighted by Gasteiger charge is 2.46. The molecular formula is C24H28F3N4O5S2-. The van der Waals surface area contributed by atoms with E-state index in [4.69, 9.17) is 15.7 Å². The van der Waals surface area contributed by atoms with Crippen LogP contribution in [-0.4, -0.2) is 72.2 Å².